The fourth-order valence-corrected chi connectivity index (χ4v) is 1.19. The molecule has 0 spiro atoms. The summed E-state index contributed by atoms with van der Waals surface area (Å²) >= 11 is 0. The zero-order valence-electron chi connectivity index (χ0n) is 8.51. The minimum Gasteiger partial charge on any atom is -0.499 e. The summed E-state index contributed by atoms with van der Waals surface area (Å²) in [7, 11) is 0. The number of rotatable bonds is 4. The molecular formula is C9H14O6. The Hall–Kier alpha value is -1.27. The van der Waals surface area contributed by atoms with Crippen LogP contribution in [0.5, 0.6) is 0 Å². The number of carbonyl (C=O) groups is 1. The molecule has 0 saturated carbocycles. The van der Waals surface area contributed by atoms with Gasteiger partial charge in [-0.3, -0.25) is 0 Å². The van der Waals surface area contributed by atoms with Crippen LogP contribution in [0, 0.1) is 0 Å². The SMILES string of the molecule is CC(C)OC1=C(O)C(=O)O[C@@H]1[C@@H](O)CO. The third kappa shape index (κ3) is 2.40. The fourth-order valence-electron chi connectivity index (χ4n) is 1.19. The second-order valence-corrected chi connectivity index (χ2v) is 3.46. The second-order valence-electron chi connectivity index (χ2n) is 3.46. The summed E-state index contributed by atoms with van der Waals surface area (Å²) in [6.07, 6.45) is -2.71. The van der Waals surface area contributed by atoms with Crippen molar-refractivity contribution < 1.29 is 29.6 Å². The van der Waals surface area contributed by atoms with E-state index in [2.05, 4.69) is 4.74 Å². The van der Waals surface area contributed by atoms with Gasteiger partial charge in [0.25, 0.3) is 0 Å². The van der Waals surface area contributed by atoms with Crippen molar-refractivity contribution in [2.75, 3.05) is 6.61 Å². The number of cyclic esters (lactones) is 1. The van der Waals surface area contributed by atoms with E-state index < -0.39 is 30.5 Å². The van der Waals surface area contributed by atoms with Crippen molar-refractivity contribution in [3.63, 3.8) is 0 Å². The van der Waals surface area contributed by atoms with E-state index >= 15 is 0 Å². The van der Waals surface area contributed by atoms with Gasteiger partial charge in [0.1, 0.15) is 6.10 Å². The first-order valence-electron chi connectivity index (χ1n) is 4.57. The van der Waals surface area contributed by atoms with Crippen LogP contribution in [0.3, 0.4) is 0 Å². The monoisotopic (exact) mass is 218 g/mol. The van der Waals surface area contributed by atoms with E-state index in [1.807, 2.05) is 0 Å². The van der Waals surface area contributed by atoms with Gasteiger partial charge in [-0.15, -0.1) is 0 Å². The van der Waals surface area contributed by atoms with E-state index in [0.29, 0.717) is 0 Å². The number of carbonyl (C=O) groups excluding carboxylic acids is 1. The van der Waals surface area contributed by atoms with Gasteiger partial charge in [0.05, 0.1) is 12.7 Å². The maximum Gasteiger partial charge on any atom is 0.378 e. The Labute approximate surface area is 86.7 Å². The average molecular weight is 218 g/mol. The Bertz CT molecular complexity index is 282. The van der Waals surface area contributed by atoms with Crippen LogP contribution in [0.4, 0.5) is 0 Å². The number of esters is 1. The quantitative estimate of drug-likeness (QED) is 0.548. The van der Waals surface area contributed by atoms with Gasteiger partial charge in [0.2, 0.25) is 5.76 Å². The fraction of sp³-hybridized carbons (Fsp3) is 0.667. The zero-order chi connectivity index (χ0) is 11.6. The average Bonchev–Trinajstić information content (AvgIpc) is 2.44. The van der Waals surface area contributed by atoms with Crippen LogP contribution in [0.15, 0.2) is 11.5 Å². The molecule has 86 valence electrons. The van der Waals surface area contributed by atoms with E-state index in [0.717, 1.165) is 0 Å². The topological polar surface area (TPSA) is 96.2 Å². The van der Waals surface area contributed by atoms with Gasteiger partial charge in [-0.05, 0) is 13.8 Å². The predicted molar refractivity (Wildman–Crippen MR) is 48.8 cm³/mol. The Morgan fingerprint density at radius 3 is 2.60 bits per heavy atom. The Morgan fingerprint density at radius 1 is 1.53 bits per heavy atom. The highest BCUT2D eigenvalue weighted by atomic mass is 16.6. The van der Waals surface area contributed by atoms with Gasteiger partial charge in [-0.2, -0.15) is 0 Å². The Balaban J connectivity index is 2.87. The van der Waals surface area contributed by atoms with Gasteiger partial charge >= 0.3 is 5.97 Å². The summed E-state index contributed by atoms with van der Waals surface area (Å²) in [5, 5.41) is 27.4. The summed E-state index contributed by atoms with van der Waals surface area (Å²) in [6, 6.07) is 0. The van der Waals surface area contributed by atoms with Crippen LogP contribution in [-0.4, -0.2) is 46.2 Å². The molecule has 0 unspecified atom stereocenters. The van der Waals surface area contributed by atoms with Crippen molar-refractivity contribution in [1.82, 2.24) is 0 Å². The van der Waals surface area contributed by atoms with Gasteiger partial charge in [0.15, 0.2) is 11.9 Å². The van der Waals surface area contributed by atoms with Crippen molar-refractivity contribution in [2.24, 2.45) is 0 Å². The van der Waals surface area contributed by atoms with Crippen molar-refractivity contribution in [2.45, 2.75) is 32.2 Å². The van der Waals surface area contributed by atoms with E-state index in [1.165, 1.54) is 0 Å². The van der Waals surface area contributed by atoms with Crippen LogP contribution >= 0.6 is 0 Å². The van der Waals surface area contributed by atoms with Crippen molar-refractivity contribution >= 4 is 5.97 Å². The lowest BCUT2D eigenvalue weighted by Crippen LogP contribution is -2.33. The van der Waals surface area contributed by atoms with Crippen LogP contribution in [-0.2, 0) is 14.3 Å². The summed E-state index contributed by atoms with van der Waals surface area (Å²) < 4.78 is 9.78. The zero-order valence-corrected chi connectivity index (χ0v) is 8.51. The number of aliphatic hydroxyl groups is 3. The molecule has 0 aromatic rings. The molecule has 0 amide bonds. The summed E-state index contributed by atoms with van der Waals surface area (Å²) in [4.78, 5) is 11.0. The molecule has 0 aromatic heterocycles. The molecule has 0 fully saturated rings. The molecule has 0 aromatic carbocycles. The number of aliphatic hydroxyl groups excluding tert-OH is 3. The first kappa shape index (κ1) is 11.8. The molecule has 1 aliphatic rings. The highest BCUT2D eigenvalue weighted by Gasteiger charge is 2.40. The van der Waals surface area contributed by atoms with E-state index in [4.69, 9.17) is 9.84 Å². The maximum absolute atomic E-state index is 11.0. The molecule has 0 radical (unpaired) electrons. The van der Waals surface area contributed by atoms with E-state index in [1.54, 1.807) is 13.8 Å². The summed E-state index contributed by atoms with van der Waals surface area (Å²) in [5.41, 5.74) is 0. The summed E-state index contributed by atoms with van der Waals surface area (Å²) in [5.74, 6) is -1.74. The molecule has 2 atom stereocenters. The Morgan fingerprint density at radius 2 is 2.13 bits per heavy atom. The van der Waals surface area contributed by atoms with Gasteiger partial charge in [-0.1, -0.05) is 0 Å². The third-order valence-electron chi connectivity index (χ3n) is 1.82. The highest BCUT2D eigenvalue weighted by molar-refractivity contribution is 5.89. The van der Waals surface area contributed by atoms with Crippen molar-refractivity contribution in [3.8, 4) is 0 Å². The van der Waals surface area contributed by atoms with Crippen LogP contribution < -0.4 is 0 Å². The molecule has 3 N–H and O–H groups in total. The van der Waals surface area contributed by atoms with Crippen LogP contribution in [0.2, 0.25) is 0 Å². The number of hydrogen-bond donors (Lipinski definition) is 3. The molecule has 15 heavy (non-hydrogen) atoms. The Kier molecular flexibility index (Phi) is 3.54. The highest BCUT2D eigenvalue weighted by Crippen LogP contribution is 2.25. The molecule has 0 saturated heterocycles. The molecule has 6 heteroatoms. The van der Waals surface area contributed by atoms with Crippen molar-refractivity contribution in [3.05, 3.63) is 11.5 Å². The first-order chi connectivity index (χ1) is 6.97. The normalized spacial score (nSPS) is 23.3. The van der Waals surface area contributed by atoms with E-state index in [-0.39, 0.29) is 11.9 Å². The smallest absolute Gasteiger partial charge is 0.378 e. The van der Waals surface area contributed by atoms with Crippen LogP contribution in [0.25, 0.3) is 0 Å². The molecule has 1 rings (SSSR count). The minimum atomic E-state index is -1.30. The maximum atomic E-state index is 11.0. The van der Waals surface area contributed by atoms with E-state index in [9.17, 15) is 15.0 Å². The molecule has 1 heterocycles. The largest absolute Gasteiger partial charge is 0.499 e. The molecule has 6 nitrogen and oxygen atoms in total. The molecule has 0 aliphatic carbocycles. The minimum absolute atomic E-state index is 0.128. The number of hydrogen-bond acceptors (Lipinski definition) is 6. The predicted octanol–water partition coefficient (Wildman–Crippen LogP) is -0.540. The lowest BCUT2D eigenvalue weighted by Gasteiger charge is -2.19. The number of ether oxygens (including phenoxy) is 2. The van der Waals surface area contributed by atoms with Gasteiger partial charge < -0.3 is 24.8 Å². The lowest BCUT2D eigenvalue weighted by molar-refractivity contribution is -0.148. The molecular weight excluding hydrogens is 204 g/mol. The molecule has 1 aliphatic heterocycles. The van der Waals surface area contributed by atoms with Gasteiger partial charge in [0, 0.05) is 0 Å². The van der Waals surface area contributed by atoms with Crippen LogP contribution in [0.1, 0.15) is 13.8 Å². The van der Waals surface area contributed by atoms with Gasteiger partial charge in [-0.25, -0.2) is 4.79 Å². The summed E-state index contributed by atoms with van der Waals surface area (Å²) in [6.45, 7) is 2.81. The second kappa shape index (κ2) is 4.50. The standard InChI is InChI=1S/C9H14O6/c1-4(2)14-8-6(12)9(13)15-7(8)5(11)3-10/h4-5,7,10-12H,3H2,1-2H3/t5-,7+/m0/s1. The lowest BCUT2D eigenvalue weighted by atomic mass is 10.2. The third-order valence-corrected chi connectivity index (χ3v) is 1.82. The molecule has 0 bridgehead atoms. The first-order valence-corrected chi connectivity index (χ1v) is 4.57. The van der Waals surface area contributed by atoms with Crippen molar-refractivity contribution in [1.29, 1.82) is 0 Å².